The van der Waals surface area contributed by atoms with Gasteiger partial charge >= 0.3 is 6.18 Å². The van der Waals surface area contributed by atoms with Crippen LogP contribution in [0.25, 0.3) is 11.1 Å². The summed E-state index contributed by atoms with van der Waals surface area (Å²) in [7, 11) is 0. The van der Waals surface area contributed by atoms with Gasteiger partial charge in [-0.3, -0.25) is 0 Å². The van der Waals surface area contributed by atoms with Crippen LogP contribution in [0.5, 0.6) is 0 Å². The molecule has 2 rings (SSSR count). The van der Waals surface area contributed by atoms with Crippen LogP contribution in [0.4, 0.5) is 22.0 Å². The van der Waals surface area contributed by atoms with Gasteiger partial charge in [-0.15, -0.1) is 0 Å². The highest BCUT2D eigenvalue weighted by Crippen LogP contribution is 2.40. The molecular weight excluding hydrogens is 334 g/mol. The van der Waals surface area contributed by atoms with Gasteiger partial charge in [-0.1, -0.05) is 35.3 Å². The van der Waals surface area contributed by atoms with Crippen LogP contribution >= 0.6 is 23.2 Å². The highest BCUT2D eigenvalue weighted by molar-refractivity contribution is 6.35. The topological polar surface area (TPSA) is 0 Å². The maximum atomic E-state index is 12.9. The lowest BCUT2D eigenvalue weighted by Crippen LogP contribution is -2.09. The second-order valence-corrected chi connectivity index (χ2v) is 5.07. The first kappa shape index (κ1) is 16.0. The van der Waals surface area contributed by atoms with E-state index in [2.05, 4.69) is 0 Å². The van der Waals surface area contributed by atoms with E-state index in [9.17, 15) is 22.0 Å². The van der Waals surface area contributed by atoms with Gasteiger partial charge in [-0.2, -0.15) is 13.2 Å². The van der Waals surface area contributed by atoms with Gasteiger partial charge in [0.1, 0.15) is 0 Å². The van der Waals surface area contributed by atoms with E-state index in [0.29, 0.717) is 6.07 Å². The van der Waals surface area contributed by atoms with Gasteiger partial charge in [-0.25, -0.2) is 8.78 Å². The van der Waals surface area contributed by atoms with E-state index in [0.717, 1.165) is 12.1 Å². The van der Waals surface area contributed by atoms with Gasteiger partial charge in [0.15, 0.2) is 0 Å². The molecule has 0 atom stereocenters. The van der Waals surface area contributed by atoms with Crippen molar-refractivity contribution in [2.45, 2.75) is 12.6 Å². The molecule has 0 aliphatic heterocycles. The Bertz CT molecular complexity index is 665. The first-order valence-corrected chi connectivity index (χ1v) is 6.40. The van der Waals surface area contributed by atoms with E-state index >= 15 is 0 Å². The predicted octanol–water partition coefficient (Wildman–Crippen LogP) is 6.62. The third-order valence-corrected chi connectivity index (χ3v) is 3.40. The van der Waals surface area contributed by atoms with Gasteiger partial charge in [0, 0.05) is 21.2 Å². The largest absolute Gasteiger partial charge is 0.416 e. The summed E-state index contributed by atoms with van der Waals surface area (Å²) in [6.45, 7) is 0. The summed E-state index contributed by atoms with van der Waals surface area (Å²) < 4.78 is 64.1. The monoisotopic (exact) mass is 340 g/mol. The average molecular weight is 341 g/mol. The normalized spacial score (nSPS) is 12.0. The second kappa shape index (κ2) is 5.81. The molecule has 0 saturated heterocycles. The van der Waals surface area contributed by atoms with Crippen molar-refractivity contribution in [1.29, 1.82) is 0 Å². The fourth-order valence-electron chi connectivity index (χ4n) is 1.88. The predicted molar refractivity (Wildman–Crippen MR) is 71.9 cm³/mol. The van der Waals surface area contributed by atoms with Gasteiger partial charge in [-0.05, 0) is 29.8 Å². The number of benzene rings is 2. The number of rotatable bonds is 2. The Morgan fingerprint density at radius 2 is 1.57 bits per heavy atom. The van der Waals surface area contributed by atoms with Crippen LogP contribution in [-0.4, -0.2) is 0 Å². The summed E-state index contributed by atoms with van der Waals surface area (Å²) in [5.41, 5.74) is -2.13. The Morgan fingerprint density at radius 3 is 2.14 bits per heavy atom. The standard InChI is InChI=1S/C14H7Cl2F5/c15-8-2-4-12(16)10(6-8)7-1-3-9(13(17)18)11(5-7)14(19,20)21/h1-6,13H. The van der Waals surface area contributed by atoms with Crippen LogP contribution in [0.2, 0.25) is 10.0 Å². The first-order valence-electron chi connectivity index (χ1n) is 5.65. The molecule has 2 aromatic carbocycles. The first-order chi connectivity index (χ1) is 9.70. The van der Waals surface area contributed by atoms with Crippen molar-refractivity contribution in [3.8, 4) is 11.1 Å². The Hall–Kier alpha value is -1.33. The zero-order chi connectivity index (χ0) is 15.8. The van der Waals surface area contributed by atoms with Crippen LogP contribution in [0.3, 0.4) is 0 Å². The van der Waals surface area contributed by atoms with Gasteiger partial charge < -0.3 is 0 Å². The molecule has 0 fully saturated rings. The van der Waals surface area contributed by atoms with Crippen molar-refractivity contribution in [2.24, 2.45) is 0 Å². The molecule has 0 radical (unpaired) electrons. The highest BCUT2D eigenvalue weighted by Gasteiger charge is 2.36. The summed E-state index contributed by atoms with van der Waals surface area (Å²) in [6, 6.07) is 6.84. The minimum atomic E-state index is -4.88. The minimum absolute atomic E-state index is 0.0687. The van der Waals surface area contributed by atoms with E-state index in [4.69, 9.17) is 23.2 Å². The van der Waals surface area contributed by atoms with E-state index in [1.54, 1.807) is 0 Å². The Morgan fingerprint density at radius 1 is 0.905 bits per heavy atom. The molecule has 0 aliphatic rings. The summed E-state index contributed by atoms with van der Waals surface area (Å²) in [5, 5.41) is 0.457. The molecule has 0 spiro atoms. The summed E-state index contributed by atoms with van der Waals surface area (Å²) in [6.07, 6.45) is -8.10. The molecule has 0 unspecified atom stereocenters. The molecule has 0 bridgehead atoms. The fraction of sp³-hybridized carbons (Fsp3) is 0.143. The molecule has 0 aliphatic carbocycles. The minimum Gasteiger partial charge on any atom is -0.205 e. The van der Waals surface area contributed by atoms with Gasteiger partial charge in [0.25, 0.3) is 6.43 Å². The van der Waals surface area contributed by atoms with Gasteiger partial charge in [0.05, 0.1) is 5.56 Å². The maximum absolute atomic E-state index is 12.9. The molecule has 2 aromatic rings. The lowest BCUT2D eigenvalue weighted by molar-refractivity contribution is -0.139. The van der Waals surface area contributed by atoms with Crippen LogP contribution < -0.4 is 0 Å². The summed E-state index contributed by atoms with van der Waals surface area (Å²) in [5.74, 6) is 0. The molecule has 0 nitrogen and oxygen atoms in total. The molecule has 7 heteroatoms. The molecule has 0 aromatic heterocycles. The van der Waals surface area contributed by atoms with E-state index in [-0.39, 0.29) is 21.2 Å². The Kier molecular flexibility index (Phi) is 4.44. The maximum Gasteiger partial charge on any atom is 0.416 e. The molecule has 112 valence electrons. The van der Waals surface area contributed by atoms with Crippen molar-refractivity contribution in [3.05, 3.63) is 57.6 Å². The van der Waals surface area contributed by atoms with Crippen LogP contribution in [0, 0.1) is 0 Å². The quantitative estimate of drug-likeness (QED) is 0.539. The Labute approximate surface area is 127 Å². The smallest absolute Gasteiger partial charge is 0.205 e. The third-order valence-electron chi connectivity index (χ3n) is 2.83. The van der Waals surface area contributed by atoms with Gasteiger partial charge in [0.2, 0.25) is 0 Å². The molecule has 0 N–H and O–H groups in total. The zero-order valence-corrected chi connectivity index (χ0v) is 11.7. The number of hydrogen-bond donors (Lipinski definition) is 0. The highest BCUT2D eigenvalue weighted by atomic mass is 35.5. The molecule has 0 saturated carbocycles. The lowest BCUT2D eigenvalue weighted by Gasteiger charge is -2.15. The molecule has 0 heterocycles. The van der Waals surface area contributed by atoms with Crippen molar-refractivity contribution in [3.63, 3.8) is 0 Å². The summed E-state index contributed by atoms with van der Waals surface area (Å²) >= 11 is 11.7. The molecular formula is C14H7Cl2F5. The number of alkyl halides is 5. The van der Waals surface area contributed by atoms with Crippen molar-refractivity contribution in [1.82, 2.24) is 0 Å². The molecule has 21 heavy (non-hydrogen) atoms. The van der Waals surface area contributed by atoms with E-state index in [1.165, 1.54) is 18.2 Å². The van der Waals surface area contributed by atoms with Crippen molar-refractivity contribution >= 4 is 23.2 Å². The summed E-state index contributed by atoms with van der Waals surface area (Å²) in [4.78, 5) is 0. The second-order valence-electron chi connectivity index (χ2n) is 4.22. The van der Waals surface area contributed by atoms with Crippen LogP contribution in [-0.2, 0) is 6.18 Å². The van der Waals surface area contributed by atoms with E-state index < -0.39 is 23.7 Å². The number of hydrogen-bond acceptors (Lipinski definition) is 0. The van der Waals surface area contributed by atoms with Crippen molar-refractivity contribution < 1.29 is 22.0 Å². The Balaban J connectivity index is 2.65. The van der Waals surface area contributed by atoms with Crippen LogP contribution in [0.1, 0.15) is 17.6 Å². The third kappa shape index (κ3) is 3.47. The average Bonchev–Trinajstić information content (AvgIpc) is 2.40. The van der Waals surface area contributed by atoms with Crippen molar-refractivity contribution in [2.75, 3.05) is 0 Å². The van der Waals surface area contributed by atoms with Crippen LogP contribution in [0.15, 0.2) is 36.4 Å². The number of halogens is 7. The van der Waals surface area contributed by atoms with E-state index in [1.807, 2.05) is 0 Å². The zero-order valence-electron chi connectivity index (χ0n) is 10.2. The SMILES string of the molecule is FC(F)c1ccc(-c2cc(Cl)ccc2Cl)cc1C(F)(F)F. The molecule has 0 amide bonds. The lowest BCUT2D eigenvalue weighted by atomic mass is 9.99. The fourth-order valence-corrected chi connectivity index (χ4v) is 2.28.